The number of aldehydes is 1. The van der Waals surface area contributed by atoms with Gasteiger partial charge in [0, 0.05) is 24.7 Å². The summed E-state index contributed by atoms with van der Waals surface area (Å²) in [5, 5.41) is 1.70. The second-order valence-electron chi connectivity index (χ2n) is 7.73. The van der Waals surface area contributed by atoms with Gasteiger partial charge in [-0.3, -0.25) is 19.4 Å². The summed E-state index contributed by atoms with van der Waals surface area (Å²) in [6.07, 6.45) is 3.68. The normalized spacial score (nSPS) is 13.4. The lowest BCUT2D eigenvalue weighted by molar-refractivity contribution is 0.0765. The number of nitrogens with zero attached hydrogens (tertiary/aromatic N) is 3. The van der Waals surface area contributed by atoms with Gasteiger partial charge < -0.3 is 14.6 Å². The number of thiophene rings is 1. The van der Waals surface area contributed by atoms with E-state index in [-0.39, 0.29) is 11.5 Å². The van der Waals surface area contributed by atoms with Crippen molar-refractivity contribution in [3.63, 3.8) is 0 Å². The third-order valence-corrected chi connectivity index (χ3v) is 6.80. The van der Waals surface area contributed by atoms with E-state index in [4.69, 9.17) is 4.74 Å². The Morgan fingerprint density at radius 3 is 2.70 bits per heavy atom. The van der Waals surface area contributed by atoms with Crippen LogP contribution in [0.15, 0.2) is 46.7 Å². The molecule has 9 heteroatoms. The van der Waals surface area contributed by atoms with Crippen LogP contribution in [0, 0.1) is 0 Å². The van der Waals surface area contributed by atoms with E-state index in [2.05, 4.69) is 15.0 Å². The second kappa shape index (κ2) is 8.59. The predicted molar refractivity (Wildman–Crippen MR) is 125 cm³/mol. The molecule has 1 aliphatic heterocycles. The van der Waals surface area contributed by atoms with Crippen LogP contribution >= 0.6 is 11.3 Å². The monoisotopic (exact) mass is 460 g/mol. The third-order valence-electron chi connectivity index (χ3n) is 5.83. The van der Waals surface area contributed by atoms with Crippen molar-refractivity contribution in [2.75, 3.05) is 20.2 Å². The van der Waals surface area contributed by atoms with Crippen LogP contribution in [-0.2, 0) is 12.8 Å². The van der Waals surface area contributed by atoms with E-state index >= 15 is 0 Å². The van der Waals surface area contributed by atoms with Crippen molar-refractivity contribution in [2.45, 2.75) is 12.8 Å². The molecule has 0 radical (unpaired) electrons. The highest BCUT2D eigenvalue weighted by molar-refractivity contribution is 7.17. The topological polar surface area (TPSA) is 105 Å². The Labute approximate surface area is 192 Å². The van der Waals surface area contributed by atoms with Crippen LogP contribution in [0.25, 0.3) is 21.7 Å². The van der Waals surface area contributed by atoms with E-state index in [0.29, 0.717) is 64.5 Å². The number of fused-ring (bicyclic) bond motifs is 2. The van der Waals surface area contributed by atoms with Crippen molar-refractivity contribution in [2.24, 2.45) is 0 Å². The first-order valence-corrected chi connectivity index (χ1v) is 11.3. The van der Waals surface area contributed by atoms with Gasteiger partial charge in [-0.25, -0.2) is 4.98 Å². The Morgan fingerprint density at radius 1 is 1.21 bits per heavy atom. The summed E-state index contributed by atoms with van der Waals surface area (Å²) in [5.41, 5.74) is 3.65. The number of carbonyl (C=O) groups excluding carboxylic acids is 2. The van der Waals surface area contributed by atoms with Gasteiger partial charge in [-0.1, -0.05) is 6.07 Å². The fraction of sp³-hybridized carbons (Fsp3) is 0.208. The van der Waals surface area contributed by atoms with Crippen LogP contribution in [0.3, 0.4) is 0 Å². The molecular formula is C24H20N4O4S. The molecule has 0 atom stereocenters. The minimum Gasteiger partial charge on any atom is -0.496 e. The zero-order chi connectivity index (χ0) is 22.9. The minimum atomic E-state index is -0.290. The number of amides is 1. The third kappa shape index (κ3) is 3.80. The molecule has 5 rings (SSSR count). The smallest absolute Gasteiger partial charge is 0.269 e. The second-order valence-corrected chi connectivity index (χ2v) is 8.61. The summed E-state index contributed by atoms with van der Waals surface area (Å²) in [6.45, 7) is 1.02. The molecule has 4 aromatic rings. The van der Waals surface area contributed by atoms with Crippen LogP contribution in [0.4, 0.5) is 0 Å². The molecular weight excluding hydrogens is 440 g/mol. The molecule has 0 saturated heterocycles. The van der Waals surface area contributed by atoms with Crippen LogP contribution in [-0.4, -0.2) is 52.2 Å². The molecule has 3 aromatic heterocycles. The molecule has 4 heterocycles. The number of methoxy groups -OCH3 is 1. The van der Waals surface area contributed by atoms with Gasteiger partial charge in [-0.05, 0) is 48.2 Å². The quantitative estimate of drug-likeness (QED) is 0.469. The fourth-order valence-electron chi connectivity index (χ4n) is 4.12. The Bertz CT molecular complexity index is 1430. The molecule has 1 N–H and O–H groups in total. The molecule has 33 heavy (non-hydrogen) atoms. The molecule has 1 amide bonds. The Morgan fingerprint density at radius 2 is 2.00 bits per heavy atom. The van der Waals surface area contributed by atoms with E-state index in [1.165, 1.54) is 18.4 Å². The zero-order valence-corrected chi connectivity index (χ0v) is 18.6. The number of hydrogen-bond acceptors (Lipinski definition) is 7. The average molecular weight is 461 g/mol. The lowest BCUT2D eigenvalue weighted by Gasteiger charge is -2.19. The first-order valence-electron chi connectivity index (χ1n) is 10.5. The standard InChI is InChI=1S/C24H20N4O4S/c1-32-19-11-15-6-9-28(8-5-14(15)10-16(19)12-29)24(31)17-13-33-21-20(17)26-22(27-23(21)30)18-4-2-3-7-25-18/h2-4,7,10-13H,5-6,8-9H2,1H3,(H,26,27,30). The highest BCUT2D eigenvalue weighted by Crippen LogP contribution is 2.28. The van der Waals surface area contributed by atoms with Crippen molar-refractivity contribution in [3.05, 3.63) is 74.5 Å². The maximum atomic E-state index is 13.5. The first-order chi connectivity index (χ1) is 16.1. The average Bonchev–Trinajstić information content (AvgIpc) is 3.17. The van der Waals surface area contributed by atoms with Gasteiger partial charge in [0.1, 0.15) is 21.7 Å². The highest BCUT2D eigenvalue weighted by atomic mass is 32.1. The summed E-state index contributed by atoms with van der Waals surface area (Å²) in [5.74, 6) is 0.705. The number of H-pyrrole nitrogens is 1. The molecule has 0 fully saturated rings. The molecule has 0 spiro atoms. The van der Waals surface area contributed by atoms with Crippen molar-refractivity contribution in [1.29, 1.82) is 0 Å². The van der Waals surface area contributed by atoms with Crippen LogP contribution in [0.2, 0.25) is 0 Å². The molecule has 1 aromatic carbocycles. The Balaban J connectivity index is 1.47. The van der Waals surface area contributed by atoms with Gasteiger partial charge in [0.25, 0.3) is 11.5 Å². The predicted octanol–water partition coefficient (Wildman–Crippen LogP) is 3.11. The van der Waals surface area contributed by atoms with Gasteiger partial charge in [-0.2, -0.15) is 0 Å². The van der Waals surface area contributed by atoms with Crippen molar-refractivity contribution < 1.29 is 14.3 Å². The van der Waals surface area contributed by atoms with Gasteiger partial charge >= 0.3 is 0 Å². The minimum absolute atomic E-state index is 0.165. The Kier molecular flexibility index (Phi) is 5.47. The molecule has 0 aliphatic carbocycles. The summed E-state index contributed by atoms with van der Waals surface area (Å²) >= 11 is 1.21. The molecule has 0 saturated carbocycles. The maximum Gasteiger partial charge on any atom is 0.269 e. The van der Waals surface area contributed by atoms with Gasteiger partial charge in [0.15, 0.2) is 12.1 Å². The first kappa shape index (κ1) is 21.0. The largest absolute Gasteiger partial charge is 0.496 e. The number of rotatable bonds is 4. The van der Waals surface area contributed by atoms with Crippen molar-refractivity contribution in [3.8, 4) is 17.3 Å². The molecule has 166 valence electrons. The number of aromatic nitrogens is 3. The molecule has 0 unspecified atom stereocenters. The van der Waals surface area contributed by atoms with Crippen LogP contribution < -0.4 is 10.3 Å². The summed E-state index contributed by atoms with van der Waals surface area (Å²) < 4.78 is 5.74. The fourth-order valence-corrected chi connectivity index (χ4v) is 4.99. The van der Waals surface area contributed by atoms with Gasteiger partial charge in [0.2, 0.25) is 0 Å². The Hall–Kier alpha value is -3.85. The molecule has 1 aliphatic rings. The number of nitrogens with one attached hydrogen (secondary N) is 1. The lowest BCUT2D eigenvalue weighted by atomic mass is 9.99. The summed E-state index contributed by atoms with van der Waals surface area (Å²) in [6, 6.07) is 9.07. The molecule has 8 nitrogen and oxygen atoms in total. The molecule has 0 bridgehead atoms. The van der Waals surface area contributed by atoms with Crippen molar-refractivity contribution in [1.82, 2.24) is 19.9 Å². The zero-order valence-electron chi connectivity index (χ0n) is 17.8. The van der Waals surface area contributed by atoms with Crippen molar-refractivity contribution >= 4 is 33.7 Å². The number of hydrogen-bond donors (Lipinski definition) is 1. The van der Waals surface area contributed by atoms with Crippen LogP contribution in [0.1, 0.15) is 31.8 Å². The van der Waals surface area contributed by atoms with Gasteiger partial charge in [0.05, 0.1) is 18.2 Å². The SMILES string of the molecule is COc1cc2c(cc1C=O)CCN(C(=O)c1csc3c(=O)[nH]c(-c4ccccn4)nc13)CC2. The van der Waals surface area contributed by atoms with E-state index in [1.807, 2.05) is 18.2 Å². The highest BCUT2D eigenvalue weighted by Gasteiger charge is 2.25. The maximum absolute atomic E-state index is 13.5. The van der Waals surface area contributed by atoms with E-state index < -0.39 is 0 Å². The van der Waals surface area contributed by atoms with E-state index in [0.717, 1.165) is 17.4 Å². The number of benzene rings is 1. The number of pyridine rings is 1. The summed E-state index contributed by atoms with van der Waals surface area (Å²) in [4.78, 5) is 50.8. The van der Waals surface area contributed by atoms with E-state index in [1.54, 1.807) is 28.6 Å². The van der Waals surface area contributed by atoms with Gasteiger partial charge in [-0.15, -0.1) is 11.3 Å². The van der Waals surface area contributed by atoms with E-state index in [9.17, 15) is 14.4 Å². The number of aromatic amines is 1. The lowest BCUT2D eigenvalue weighted by Crippen LogP contribution is -2.33. The summed E-state index contributed by atoms with van der Waals surface area (Å²) in [7, 11) is 1.54. The number of ether oxygens (including phenoxy) is 1. The number of carbonyl (C=O) groups is 2. The van der Waals surface area contributed by atoms with Crippen LogP contribution in [0.5, 0.6) is 5.75 Å².